The van der Waals surface area contributed by atoms with Crippen LogP contribution in [0.3, 0.4) is 0 Å². The van der Waals surface area contributed by atoms with Gasteiger partial charge in [0, 0.05) is 14.2 Å². The maximum atomic E-state index is 4.34. The molecular weight excluding hydrogens is 157 g/mol. The molecule has 0 spiro atoms. The summed E-state index contributed by atoms with van der Waals surface area (Å²) >= 11 is 0. The molecule has 0 bridgehead atoms. The van der Waals surface area contributed by atoms with Crippen LogP contribution in [0.2, 0.25) is 0 Å². The first-order valence-corrected chi connectivity index (χ1v) is 1.29. The Morgan fingerprint density at radius 2 is 1.50 bits per heavy atom. The fourth-order valence-electron chi connectivity index (χ4n) is 0.0962. The van der Waals surface area contributed by atoms with E-state index in [4.69, 9.17) is 0 Å². The van der Waals surface area contributed by atoms with Gasteiger partial charge in [0.15, 0.2) is 0 Å². The molecule has 32 valence electrons. The van der Waals surface area contributed by atoms with Crippen LogP contribution in [0.5, 0.6) is 0 Å². The van der Waals surface area contributed by atoms with E-state index in [1.54, 1.807) is 0 Å². The topological polar surface area (TPSA) is 18.5 Å². The summed E-state index contributed by atoms with van der Waals surface area (Å²) in [5, 5.41) is 0. The molecule has 2 nitrogen and oxygen atoms in total. The molecule has 0 saturated heterocycles. The van der Waals surface area contributed by atoms with Crippen molar-refractivity contribution in [2.24, 2.45) is 0 Å². The Morgan fingerprint density at radius 3 is 1.50 bits per heavy atom. The average molecular weight is 164 g/mol. The molecule has 3 heteroatoms. The Hall–Kier alpha value is 1.02. The molecule has 0 amide bonds. The zero-order valence-electron chi connectivity index (χ0n) is 3.97. The smallest absolute Gasteiger partial charge is 0.527 e. The van der Waals surface area contributed by atoms with E-state index in [1.165, 1.54) is 21.0 Å². The van der Waals surface area contributed by atoms with Crippen LogP contribution >= 0.6 is 0 Å². The molecule has 0 radical (unpaired) electrons. The van der Waals surface area contributed by atoms with Crippen molar-refractivity contribution in [3.63, 3.8) is 0 Å². The normalized spacial score (nSPS) is 7.00. The van der Waals surface area contributed by atoms with Gasteiger partial charge in [0.2, 0.25) is 0 Å². The van der Waals surface area contributed by atoms with Crippen molar-refractivity contribution in [1.82, 2.24) is 0 Å². The van der Waals surface area contributed by atoms with Crippen LogP contribution in [0, 0.1) is 6.79 Å². The minimum Gasteiger partial charge on any atom is -0.527 e. The molecule has 0 aromatic carbocycles. The van der Waals surface area contributed by atoms with Gasteiger partial charge in [0.05, 0.1) is 0 Å². The summed E-state index contributed by atoms with van der Waals surface area (Å²) in [6.07, 6.45) is 0. The third-order valence-electron chi connectivity index (χ3n) is 0.192. The van der Waals surface area contributed by atoms with Crippen molar-refractivity contribution in [3.05, 3.63) is 6.79 Å². The van der Waals surface area contributed by atoms with E-state index in [0.29, 0.717) is 0 Å². The summed E-state index contributed by atoms with van der Waals surface area (Å²) in [5.41, 5.74) is 0. The molecule has 0 fully saturated rings. The molecule has 0 rings (SSSR count). The minimum absolute atomic E-state index is 0. The quantitative estimate of drug-likeness (QED) is 0.549. The molecule has 0 aliphatic carbocycles. The Labute approximate surface area is 63.1 Å². The second kappa shape index (κ2) is 9.39. The van der Waals surface area contributed by atoms with Crippen molar-refractivity contribution in [2.75, 3.05) is 14.2 Å². The third kappa shape index (κ3) is 8.90. The zero-order chi connectivity index (χ0) is 4.12. The van der Waals surface area contributed by atoms with Gasteiger partial charge in [-0.05, 0) is 0 Å². The number of hydrogen-bond acceptors (Lipinski definition) is 2. The SMILES string of the molecule is CO[CH-]OC.[Y+3]. The van der Waals surface area contributed by atoms with Gasteiger partial charge in [-0.25, -0.2) is 0 Å². The van der Waals surface area contributed by atoms with Gasteiger partial charge in [-0.2, -0.15) is 0 Å². The van der Waals surface area contributed by atoms with Crippen LogP contribution in [-0.2, 0) is 42.2 Å². The molecule has 0 atom stereocenters. The Morgan fingerprint density at radius 1 is 1.17 bits per heavy atom. The molecule has 0 saturated carbocycles. The Bertz CT molecular complexity index is 16.3. The molecule has 0 aromatic heterocycles. The van der Waals surface area contributed by atoms with E-state index in [9.17, 15) is 0 Å². The fourth-order valence-corrected chi connectivity index (χ4v) is 0.0962. The van der Waals surface area contributed by atoms with Crippen molar-refractivity contribution < 1.29 is 42.2 Å². The standard InChI is InChI=1S/C3H7O2.Y/c1-4-3-5-2;/h3H,1-2H3;/q-1;+3. The van der Waals surface area contributed by atoms with Gasteiger partial charge < -0.3 is 9.47 Å². The third-order valence-corrected chi connectivity index (χ3v) is 0.192. The van der Waals surface area contributed by atoms with Crippen molar-refractivity contribution in [1.29, 1.82) is 0 Å². The van der Waals surface area contributed by atoms with Crippen LogP contribution in [0.1, 0.15) is 0 Å². The molecular formula is C3H7O2Y+2. The number of methoxy groups -OCH3 is 2. The van der Waals surface area contributed by atoms with E-state index >= 15 is 0 Å². The first-order valence-electron chi connectivity index (χ1n) is 1.29. The molecule has 0 aliphatic heterocycles. The number of hydrogen-bond donors (Lipinski definition) is 0. The summed E-state index contributed by atoms with van der Waals surface area (Å²) < 4.78 is 8.69. The zero-order valence-corrected chi connectivity index (χ0v) is 6.81. The predicted molar refractivity (Wildman–Crippen MR) is 18.3 cm³/mol. The maximum Gasteiger partial charge on any atom is 3.00 e. The predicted octanol–water partition coefficient (Wildman–Crippen LogP) is 0.396. The van der Waals surface area contributed by atoms with Crippen molar-refractivity contribution in [2.45, 2.75) is 0 Å². The van der Waals surface area contributed by atoms with E-state index in [1.807, 2.05) is 0 Å². The van der Waals surface area contributed by atoms with Crippen LogP contribution in [0.15, 0.2) is 0 Å². The van der Waals surface area contributed by atoms with Crippen LogP contribution in [0.4, 0.5) is 0 Å². The monoisotopic (exact) mass is 164 g/mol. The van der Waals surface area contributed by atoms with E-state index in [-0.39, 0.29) is 32.7 Å². The second-order valence-electron chi connectivity index (χ2n) is 0.568. The maximum absolute atomic E-state index is 4.34. The van der Waals surface area contributed by atoms with Gasteiger partial charge in [-0.1, -0.05) is 6.79 Å². The molecule has 0 unspecified atom stereocenters. The van der Waals surface area contributed by atoms with Gasteiger partial charge in [-0.3, -0.25) is 0 Å². The van der Waals surface area contributed by atoms with E-state index in [0.717, 1.165) is 0 Å². The summed E-state index contributed by atoms with van der Waals surface area (Å²) in [7, 11) is 3.06. The van der Waals surface area contributed by atoms with E-state index < -0.39 is 0 Å². The Balaban J connectivity index is 0. The van der Waals surface area contributed by atoms with E-state index in [2.05, 4.69) is 9.47 Å². The minimum atomic E-state index is 0. The number of ether oxygens (including phenoxy) is 2. The summed E-state index contributed by atoms with van der Waals surface area (Å²) in [5.74, 6) is 0. The molecule has 0 heterocycles. The molecule has 0 aliphatic rings. The number of rotatable bonds is 2. The van der Waals surface area contributed by atoms with Gasteiger partial charge >= 0.3 is 32.7 Å². The summed E-state index contributed by atoms with van der Waals surface area (Å²) in [6, 6.07) is 0. The first-order chi connectivity index (χ1) is 2.41. The Kier molecular flexibility index (Phi) is 15.8. The molecule has 0 aromatic rings. The van der Waals surface area contributed by atoms with Crippen LogP contribution in [-0.4, -0.2) is 14.2 Å². The molecule has 6 heavy (non-hydrogen) atoms. The fraction of sp³-hybridized carbons (Fsp3) is 0.667. The molecule has 0 N–H and O–H groups in total. The second-order valence-corrected chi connectivity index (χ2v) is 0.568. The summed E-state index contributed by atoms with van der Waals surface area (Å²) in [4.78, 5) is 0. The van der Waals surface area contributed by atoms with Gasteiger partial charge in [0.1, 0.15) is 0 Å². The summed E-state index contributed by atoms with van der Waals surface area (Å²) in [6.45, 7) is 1.25. The van der Waals surface area contributed by atoms with Crippen LogP contribution in [0.25, 0.3) is 0 Å². The van der Waals surface area contributed by atoms with Crippen molar-refractivity contribution in [3.8, 4) is 0 Å². The van der Waals surface area contributed by atoms with Gasteiger partial charge in [0.25, 0.3) is 0 Å². The van der Waals surface area contributed by atoms with Crippen LogP contribution < -0.4 is 0 Å². The van der Waals surface area contributed by atoms with Crippen molar-refractivity contribution >= 4 is 0 Å². The first kappa shape index (κ1) is 10.1. The van der Waals surface area contributed by atoms with Gasteiger partial charge in [-0.15, -0.1) is 0 Å². The average Bonchev–Trinajstić information content (AvgIpc) is 1.41. The largest absolute Gasteiger partial charge is 3.00 e.